The van der Waals surface area contributed by atoms with Crippen LogP contribution in [0.25, 0.3) is 10.9 Å². The van der Waals surface area contributed by atoms with Crippen LogP contribution >= 0.6 is 15.9 Å². The van der Waals surface area contributed by atoms with Crippen LogP contribution in [-0.2, 0) is 20.7 Å². The molecule has 3 N–H and O–H groups in total. The maximum atomic E-state index is 13.0. The number of aromatic amines is 1. The molecule has 1 atom stereocenters. The molecule has 3 aromatic rings. The number of ketones is 1. The fraction of sp³-hybridized carbons (Fsp3) is 0.320. The van der Waals surface area contributed by atoms with Gasteiger partial charge in [0, 0.05) is 40.1 Å². The van der Waals surface area contributed by atoms with Crippen LogP contribution in [0.1, 0.15) is 39.2 Å². The number of nitrogens with one attached hydrogen (secondary N) is 3. The third-order valence-electron chi connectivity index (χ3n) is 4.89. The summed E-state index contributed by atoms with van der Waals surface area (Å²) in [5.74, 6) is -0.682. The highest BCUT2D eigenvalue weighted by Crippen LogP contribution is 2.20. The quantitative estimate of drug-likeness (QED) is 0.353. The topological polar surface area (TPSA) is 100 Å². The number of urea groups is 1. The highest BCUT2D eigenvalue weighted by Gasteiger charge is 2.24. The molecule has 174 valence electrons. The number of esters is 1. The molecule has 0 fully saturated rings. The normalized spacial score (nSPS) is 12.2. The number of carbonyl (C=O) groups excluding carboxylic acids is 3. The third-order valence-corrected chi connectivity index (χ3v) is 5.42. The Hall–Kier alpha value is -3.13. The van der Waals surface area contributed by atoms with Crippen molar-refractivity contribution in [3.05, 3.63) is 64.8 Å². The molecule has 0 aliphatic heterocycles. The van der Waals surface area contributed by atoms with Gasteiger partial charge in [0.05, 0.1) is 12.5 Å². The molecule has 0 radical (unpaired) electrons. The molecule has 3 rings (SSSR count). The minimum atomic E-state index is -0.804. The number of benzene rings is 2. The lowest BCUT2D eigenvalue weighted by Crippen LogP contribution is -2.44. The number of ether oxygens (including phenoxy) is 1. The molecule has 0 saturated heterocycles. The molecule has 2 amide bonds. The molecule has 1 heterocycles. The maximum absolute atomic E-state index is 13.0. The Balaban J connectivity index is 1.72. The van der Waals surface area contributed by atoms with Crippen molar-refractivity contribution in [2.75, 3.05) is 5.32 Å². The number of rotatable bonds is 8. The zero-order valence-corrected chi connectivity index (χ0v) is 20.5. The molecule has 0 bridgehead atoms. The number of anilines is 1. The van der Waals surface area contributed by atoms with E-state index in [0.717, 1.165) is 20.9 Å². The van der Waals surface area contributed by atoms with Crippen molar-refractivity contribution >= 4 is 50.3 Å². The monoisotopic (exact) mass is 513 g/mol. The number of hydrogen-bond donors (Lipinski definition) is 3. The summed E-state index contributed by atoms with van der Waals surface area (Å²) < 4.78 is 6.19. The standard InChI is InChI=1S/C25H28BrN3O4/c1-25(2,3)33-23(31)13-12-22(30)21(14-16-15-27-20-7-5-4-6-19(16)20)29-24(32)28-18-10-8-17(26)9-11-18/h4-11,15,21,27H,12-14H2,1-3H3,(H2,28,29,32)/t21-/m0/s1. The Morgan fingerprint density at radius 2 is 1.73 bits per heavy atom. The van der Waals surface area contributed by atoms with Crippen molar-refractivity contribution in [2.24, 2.45) is 0 Å². The van der Waals surface area contributed by atoms with Crippen LogP contribution in [0.15, 0.2) is 59.2 Å². The van der Waals surface area contributed by atoms with E-state index in [4.69, 9.17) is 4.74 Å². The van der Waals surface area contributed by atoms with Crippen LogP contribution in [0.4, 0.5) is 10.5 Å². The second-order valence-corrected chi connectivity index (χ2v) is 9.69. The summed E-state index contributed by atoms with van der Waals surface area (Å²) in [7, 11) is 0. The first kappa shape index (κ1) is 24.5. The highest BCUT2D eigenvalue weighted by molar-refractivity contribution is 9.10. The first-order valence-electron chi connectivity index (χ1n) is 10.7. The van der Waals surface area contributed by atoms with E-state index in [1.807, 2.05) is 42.6 Å². The molecular weight excluding hydrogens is 486 g/mol. The van der Waals surface area contributed by atoms with Crippen LogP contribution in [0.2, 0.25) is 0 Å². The first-order chi connectivity index (χ1) is 15.6. The largest absolute Gasteiger partial charge is 0.460 e. The average molecular weight is 514 g/mol. The van der Waals surface area contributed by atoms with E-state index in [0.29, 0.717) is 12.1 Å². The van der Waals surface area contributed by atoms with E-state index >= 15 is 0 Å². The van der Waals surface area contributed by atoms with E-state index in [2.05, 4.69) is 31.5 Å². The SMILES string of the molecule is CC(C)(C)OC(=O)CCC(=O)[C@H](Cc1c[nH]c2ccccc12)NC(=O)Nc1ccc(Br)cc1. The third kappa shape index (κ3) is 7.46. The van der Waals surface area contributed by atoms with Crippen molar-refractivity contribution in [3.8, 4) is 0 Å². The van der Waals surface area contributed by atoms with E-state index in [9.17, 15) is 14.4 Å². The summed E-state index contributed by atoms with van der Waals surface area (Å²) in [4.78, 5) is 41.0. The summed E-state index contributed by atoms with van der Waals surface area (Å²) >= 11 is 3.36. The van der Waals surface area contributed by atoms with Crippen LogP contribution in [0, 0.1) is 0 Å². The van der Waals surface area contributed by atoms with Gasteiger partial charge in [-0.25, -0.2) is 4.79 Å². The smallest absolute Gasteiger partial charge is 0.319 e. The van der Waals surface area contributed by atoms with Gasteiger partial charge < -0.3 is 20.4 Å². The fourth-order valence-corrected chi connectivity index (χ4v) is 3.68. The van der Waals surface area contributed by atoms with Gasteiger partial charge in [-0.05, 0) is 56.7 Å². The minimum Gasteiger partial charge on any atom is -0.460 e. The van der Waals surface area contributed by atoms with E-state index in [1.165, 1.54) is 0 Å². The van der Waals surface area contributed by atoms with Crippen molar-refractivity contribution in [1.82, 2.24) is 10.3 Å². The van der Waals surface area contributed by atoms with Crippen LogP contribution in [0.5, 0.6) is 0 Å². The predicted molar refractivity (Wildman–Crippen MR) is 132 cm³/mol. The Bertz CT molecular complexity index is 1130. The second-order valence-electron chi connectivity index (χ2n) is 8.77. The summed E-state index contributed by atoms with van der Waals surface area (Å²) in [6.45, 7) is 5.33. The Kier molecular flexibility index (Phi) is 7.92. The summed E-state index contributed by atoms with van der Waals surface area (Å²) in [5.41, 5.74) is 1.84. The lowest BCUT2D eigenvalue weighted by atomic mass is 9.99. The number of aromatic nitrogens is 1. The molecule has 2 aromatic carbocycles. The molecule has 0 spiro atoms. The lowest BCUT2D eigenvalue weighted by molar-refractivity contribution is -0.155. The van der Waals surface area contributed by atoms with Crippen LogP contribution < -0.4 is 10.6 Å². The zero-order valence-electron chi connectivity index (χ0n) is 18.9. The number of fused-ring (bicyclic) bond motifs is 1. The molecule has 7 nitrogen and oxygen atoms in total. The molecule has 33 heavy (non-hydrogen) atoms. The number of para-hydroxylation sites is 1. The van der Waals surface area contributed by atoms with Crippen LogP contribution in [0.3, 0.4) is 0 Å². The number of carbonyl (C=O) groups is 3. The fourth-order valence-electron chi connectivity index (χ4n) is 3.42. The molecule has 8 heteroatoms. The molecule has 1 aromatic heterocycles. The highest BCUT2D eigenvalue weighted by atomic mass is 79.9. The van der Waals surface area contributed by atoms with Crippen molar-refractivity contribution in [3.63, 3.8) is 0 Å². The molecule has 0 unspecified atom stereocenters. The number of H-pyrrole nitrogens is 1. The van der Waals surface area contributed by atoms with Gasteiger partial charge in [0.2, 0.25) is 0 Å². The van der Waals surface area contributed by atoms with Gasteiger partial charge in [-0.3, -0.25) is 9.59 Å². The molecule has 0 saturated carbocycles. The summed E-state index contributed by atoms with van der Waals surface area (Å²) in [6.07, 6.45) is 2.06. The molecular formula is C25H28BrN3O4. The van der Waals surface area contributed by atoms with Gasteiger partial charge in [-0.1, -0.05) is 34.1 Å². The second kappa shape index (κ2) is 10.7. The summed E-state index contributed by atoms with van der Waals surface area (Å²) in [5, 5.41) is 6.51. The van der Waals surface area contributed by atoms with Gasteiger partial charge in [-0.15, -0.1) is 0 Å². The van der Waals surface area contributed by atoms with Crippen LogP contribution in [-0.4, -0.2) is 34.4 Å². The lowest BCUT2D eigenvalue weighted by Gasteiger charge is -2.20. The Morgan fingerprint density at radius 1 is 1.03 bits per heavy atom. The number of hydrogen-bond acceptors (Lipinski definition) is 4. The Morgan fingerprint density at radius 3 is 2.42 bits per heavy atom. The van der Waals surface area contributed by atoms with Gasteiger partial charge >= 0.3 is 12.0 Å². The number of amides is 2. The van der Waals surface area contributed by atoms with Crippen molar-refractivity contribution in [2.45, 2.75) is 51.7 Å². The van der Waals surface area contributed by atoms with E-state index < -0.39 is 23.6 Å². The first-order valence-corrected chi connectivity index (χ1v) is 11.5. The zero-order chi connectivity index (χ0) is 24.0. The minimum absolute atomic E-state index is 0.0273. The van der Waals surface area contributed by atoms with E-state index in [1.54, 1.807) is 32.9 Å². The van der Waals surface area contributed by atoms with Crippen molar-refractivity contribution in [1.29, 1.82) is 0 Å². The predicted octanol–water partition coefficient (Wildman–Crippen LogP) is 5.35. The molecule has 0 aliphatic carbocycles. The number of Topliss-reactive ketones (excluding diaryl/α,β-unsaturated/α-hetero) is 1. The Labute approximate surface area is 201 Å². The number of halogens is 1. The van der Waals surface area contributed by atoms with Gasteiger partial charge in [-0.2, -0.15) is 0 Å². The van der Waals surface area contributed by atoms with Gasteiger partial charge in [0.1, 0.15) is 5.60 Å². The summed E-state index contributed by atoms with van der Waals surface area (Å²) in [6, 6.07) is 13.6. The van der Waals surface area contributed by atoms with Crippen molar-refractivity contribution < 1.29 is 19.1 Å². The van der Waals surface area contributed by atoms with Gasteiger partial charge in [0.15, 0.2) is 5.78 Å². The van der Waals surface area contributed by atoms with E-state index in [-0.39, 0.29) is 18.6 Å². The van der Waals surface area contributed by atoms with Gasteiger partial charge in [0.25, 0.3) is 0 Å². The average Bonchev–Trinajstić information content (AvgIpc) is 3.15. The maximum Gasteiger partial charge on any atom is 0.319 e. The molecule has 0 aliphatic rings.